The lowest BCUT2D eigenvalue weighted by Crippen LogP contribution is -2.02. The fourth-order valence-corrected chi connectivity index (χ4v) is 1.87. The first-order valence-electron chi connectivity index (χ1n) is 6.85. The number of ether oxygens (including phenoxy) is 2. The summed E-state index contributed by atoms with van der Waals surface area (Å²) in [5.74, 6) is 0.420. The average molecular weight is 286 g/mol. The average Bonchev–Trinajstić information content (AvgIpc) is 2.46. The third-order valence-corrected chi connectivity index (χ3v) is 2.90. The molecule has 0 fully saturated rings. The zero-order chi connectivity index (χ0) is 15.2. The molecule has 0 spiro atoms. The van der Waals surface area contributed by atoms with E-state index >= 15 is 0 Å². The number of carboxylic acids is 1. The van der Waals surface area contributed by atoms with Gasteiger partial charge in [-0.1, -0.05) is 25.1 Å². The molecule has 0 bridgehead atoms. The van der Waals surface area contributed by atoms with Crippen LogP contribution >= 0.6 is 0 Å². The van der Waals surface area contributed by atoms with E-state index in [0.717, 1.165) is 12.0 Å². The van der Waals surface area contributed by atoms with Gasteiger partial charge in [-0.15, -0.1) is 0 Å². The van der Waals surface area contributed by atoms with Crippen molar-refractivity contribution < 1.29 is 19.4 Å². The Hall–Kier alpha value is -2.49. The predicted octanol–water partition coefficient (Wildman–Crippen LogP) is 4.27. The zero-order valence-corrected chi connectivity index (χ0v) is 12.1. The summed E-state index contributed by atoms with van der Waals surface area (Å²) in [4.78, 5) is 11.3. The van der Waals surface area contributed by atoms with Gasteiger partial charge in [0.25, 0.3) is 0 Å². The van der Waals surface area contributed by atoms with Gasteiger partial charge in [0.1, 0.15) is 11.3 Å². The first-order valence-corrected chi connectivity index (χ1v) is 6.85. The van der Waals surface area contributed by atoms with E-state index in [0.29, 0.717) is 23.9 Å². The van der Waals surface area contributed by atoms with E-state index in [1.165, 1.54) is 0 Å². The summed E-state index contributed by atoms with van der Waals surface area (Å²) >= 11 is 0. The van der Waals surface area contributed by atoms with Gasteiger partial charge in [-0.3, -0.25) is 0 Å². The van der Waals surface area contributed by atoms with E-state index in [1.54, 1.807) is 30.3 Å². The summed E-state index contributed by atoms with van der Waals surface area (Å²) in [6, 6.07) is 12.2. The van der Waals surface area contributed by atoms with E-state index < -0.39 is 5.97 Å². The maximum atomic E-state index is 11.3. The third-order valence-electron chi connectivity index (χ3n) is 2.90. The summed E-state index contributed by atoms with van der Waals surface area (Å²) in [7, 11) is 0. The molecule has 0 saturated heterocycles. The van der Waals surface area contributed by atoms with Gasteiger partial charge in [-0.05, 0) is 43.2 Å². The summed E-state index contributed by atoms with van der Waals surface area (Å²) in [6.45, 7) is 4.49. The molecule has 4 heteroatoms. The van der Waals surface area contributed by atoms with Gasteiger partial charge < -0.3 is 14.6 Å². The lowest BCUT2D eigenvalue weighted by Gasteiger charge is -2.13. The Morgan fingerprint density at radius 3 is 2.48 bits per heavy atom. The van der Waals surface area contributed by atoms with Crippen LogP contribution in [-0.4, -0.2) is 17.7 Å². The molecule has 0 heterocycles. The van der Waals surface area contributed by atoms with E-state index in [1.807, 2.05) is 26.0 Å². The van der Waals surface area contributed by atoms with Crippen LogP contribution in [0.15, 0.2) is 42.5 Å². The standard InChI is InChI=1S/C17H18O4/c1-3-10-20-14-6-4-5-7-15(14)21-16-11-12(2)8-9-13(16)17(18)19/h4-9,11H,3,10H2,1-2H3,(H,18,19). The number of hydrogen-bond acceptors (Lipinski definition) is 3. The molecule has 110 valence electrons. The molecule has 0 amide bonds. The summed E-state index contributed by atoms with van der Waals surface area (Å²) in [5.41, 5.74) is 1.06. The van der Waals surface area contributed by atoms with Crippen molar-refractivity contribution in [3.63, 3.8) is 0 Å². The van der Waals surface area contributed by atoms with Gasteiger partial charge in [-0.25, -0.2) is 4.79 Å². The minimum absolute atomic E-state index is 0.130. The highest BCUT2D eigenvalue weighted by atomic mass is 16.5. The Kier molecular flexibility index (Phi) is 4.82. The van der Waals surface area contributed by atoms with E-state index in [-0.39, 0.29) is 5.56 Å². The van der Waals surface area contributed by atoms with Crippen LogP contribution in [0.25, 0.3) is 0 Å². The van der Waals surface area contributed by atoms with Gasteiger partial charge in [0.05, 0.1) is 6.61 Å². The number of carboxylic acid groups (broad SMARTS) is 1. The van der Waals surface area contributed by atoms with Gasteiger partial charge in [0, 0.05) is 0 Å². The van der Waals surface area contributed by atoms with Crippen molar-refractivity contribution in [3.05, 3.63) is 53.6 Å². The molecule has 2 rings (SSSR count). The van der Waals surface area contributed by atoms with Gasteiger partial charge in [-0.2, -0.15) is 0 Å². The molecule has 0 radical (unpaired) electrons. The minimum Gasteiger partial charge on any atom is -0.490 e. The van der Waals surface area contributed by atoms with Crippen LogP contribution < -0.4 is 9.47 Å². The minimum atomic E-state index is -1.02. The van der Waals surface area contributed by atoms with Gasteiger partial charge in [0.15, 0.2) is 11.5 Å². The topological polar surface area (TPSA) is 55.8 Å². The second-order valence-corrected chi connectivity index (χ2v) is 4.70. The monoisotopic (exact) mass is 286 g/mol. The van der Waals surface area contributed by atoms with Crippen LogP contribution in [0.3, 0.4) is 0 Å². The summed E-state index contributed by atoms with van der Waals surface area (Å²) in [5, 5.41) is 9.23. The Morgan fingerprint density at radius 2 is 1.81 bits per heavy atom. The fraction of sp³-hybridized carbons (Fsp3) is 0.235. The lowest BCUT2D eigenvalue weighted by atomic mass is 10.1. The van der Waals surface area contributed by atoms with Gasteiger partial charge >= 0.3 is 5.97 Å². The van der Waals surface area contributed by atoms with Crippen LogP contribution in [0.4, 0.5) is 0 Å². The highest BCUT2D eigenvalue weighted by molar-refractivity contribution is 5.91. The van der Waals surface area contributed by atoms with E-state index in [2.05, 4.69) is 0 Å². The molecular weight excluding hydrogens is 268 g/mol. The molecule has 0 aliphatic rings. The molecule has 21 heavy (non-hydrogen) atoms. The molecule has 2 aromatic carbocycles. The molecular formula is C17H18O4. The van der Waals surface area contributed by atoms with Crippen molar-refractivity contribution in [2.75, 3.05) is 6.61 Å². The fourth-order valence-electron chi connectivity index (χ4n) is 1.87. The SMILES string of the molecule is CCCOc1ccccc1Oc1cc(C)ccc1C(=O)O. The van der Waals surface area contributed by atoms with E-state index in [4.69, 9.17) is 9.47 Å². The van der Waals surface area contributed by atoms with Crippen molar-refractivity contribution in [3.8, 4) is 17.2 Å². The van der Waals surface area contributed by atoms with Crippen LogP contribution in [0.5, 0.6) is 17.2 Å². The third kappa shape index (κ3) is 3.75. The summed E-state index contributed by atoms with van der Waals surface area (Å²) in [6.07, 6.45) is 0.888. The second-order valence-electron chi connectivity index (χ2n) is 4.70. The number of carbonyl (C=O) groups is 1. The van der Waals surface area contributed by atoms with E-state index in [9.17, 15) is 9.90 Å². The highest BCUT2D eigenvalue weighted by Crippen LogP contribution is 2.33. The largest absolute Gasteiger partial charge is 0.490 e. The second kappa shape index (κ2) is 6.79. The molecule has 0 aliphatic heterocycles. The zero-order valence-electron chi connectivity index (χ0n) is 12.1. The number of rotatable bonds is 6. The van der Waals surface area contributed by atoms with Crippen LogP contribution in [0.1, 0.15) is 29.3 Å². The first kappa shape index (κ1) is 14.9. The number of para-hydroxylation sites is 2. The number of benzene rings is 2. The van der Waals surface area contributed by atoms with Crippen LogP contribution in [0.2, 0.25) is 0 Å². The van der Waals surface area contributed by atoms with Crippen molar-refractivity contribution >= 4 is 5.97 Å². The van der Waals surface area contributed by atoms with Crippen molar-refractivity contribution in [1.82, 2.24) is 0 Å². The lowest BCUT2D eigenvalue weighted by molar-refractivity contribution is 0.0694. The van der Waals surface area contributed by atoms with Crippen molar-refractivity contribution in [2.24, 2.45) is 0 Å². The molecule has 0 atom stereocenters. The molecule has 0 aromatic heterocycles. The number of aryl methyl sites for hydroxylation is 1. The highest BCUT2D eigenvalue weighted by Gasteiger charge is 2.14. The van der Waals surface area contributed by atoms with Gasteiger partial charge in [0.2, 0.25) is 0 Å². The van der Waals surface area contributed by atoms with Crippen LogP contribution in [-0.2, 0) is 0 Å². The molecule has 4 nitrogen and oxygen atoms in total. The Balaban J connectivity index is 2.34. The number of hydrogen-bond donors (Lipinski definition) is 1. The Morgan fingerprint density at radius 1 is 1.10 bits per heavy atom. The Bertz CT molecular complexity index is 634. The quantitative estimate of drug-likeness (QED) is 0.861. The number of aromatic carboxylic acids is 1. The Labute approximate surface area is 123 Å². The summed E-state index contributed by atoms with van der Waals surface area (Å²) < 4.78 is 11.4. The first-order chi connectivity index (χ1) is 10.1. The van der Waals surface area contributed by atoms with Crippen molar-refractivity contribution in [1.29, 1.82) is 0 Å². The maximum absolute atomic E-state index is 11.3. The normalized spacial score (nSPS) is 10.2. The molecule has 0 saturated carbocycles. The molecule has 1 N–H and O–H groups in total. The van der Waals surface area contributed by atoms with Crippen molar-refractivity contribution in [2.45, 2.75) is 20.3 Å². The predicted molar refractivity (Wildman–Crippen MR) is 80.4 cm³/mol. The molecule has 0 unspecified atom stereocenters. The molecule has 0 aliphatic carbocycles. The van der Waals surface area contributed by atoms with Crippen LogP contribution in [0, 0.1) is 6.92 Å². The molecule has 2 aromatic rings. The maximum Gasteiger partial charge on any atom is 0.339 e. The smallest absolute Gasteiger partial charge is 0.339 e.